The molecule has 3 aromatic rings. The smallest absolute Gasteiger partial charge is 0.235 e. The Morgan fingerprint density at radius 3 is 2.62 bits per heavy atom. The summed E-state index contributed by atoms with van der Waals surface area (Å²) < 4.78 is 31.3. The maximum atomic E-state index is 12.0. The highest BCUT2D eigenvalue weighted by Crippen LogP contribution is 2.32. The van der Waals surface area contributed by atoms with Crippen molar-refractivity contribution in [2.45, 2.75) is 6.42 Å². The Hall–Kier alpha value is -1.76. The average molecular weight is 383 g/mol. The van der Waals surface area contributed by atoms with Crippen molar-refractivity contribution in [2.75, 3.05) is 16.6 Å². The highest BCUT2D eigenvalue weighted by molar-refractivity contribution is 7.93. The van der Waals surface area contributed by atoms with Crippen LogP contribution in [0.4, 0.5) is 5.69 Å². The summed E-state index contributed by atoms with van der Waals surface area (Å²) in [4.78, 5) is 4.44. The van der Waals surface area contributed by atoms with E-state index < -0.39 is 10.0 Å². The minimum atomic E-state index is -3.22. The predicted molar refractivity (Wildman–Crippen MR) is 95.2 cm³/mol. The van der Waals surface area contributed by atoms with E-state index in [0.29, 0.717) is 51.3 Å². The van der Waals surface area contributed by atoms with E-state index in [2.05, 4.69) is 4.98 Å². The lowest BCUT2D eigenvalue weighted by atomic mass is 10.2. The molecule has 0 saturated carbocycles. The Morgan fingerprint density at radius 1 is 1.08 bits per heavy atom. The monoisotopic (exact) mass is 382 g/mol. The van der Waals surface area contributed by atoms with Gasteiger partial charge in [0.1, 0.15) is 5.52 Å². The van der Waals surface area contributed by atoms with Crippen molar-refractivity contribution in [2.24, 2.45) is 0 Å². The molecule has 4 rings (SSSR count). The van der Waals surface area contributed by atoms with Crippen LogP contribution in [0.3, 0.4) is 0 Å². The van der Waals surface area contributed by atoms with Crippen molar-refractivity contribution in [1.82, 2.24) is 4.98 Å². The molecule has 24 heavy (non-hydrogen) atoms. The molecule has 0 atom stereocenters. The van der Waals surface area contributed by atoms with Crippen LogP contribution in [-0.2, 0) is 10.0 Å². The normalized spacial score (nSPS) is 16.8. The van der Waals surface area contributed by atoms with Crippen molar-refractivity contribution in [3.63, 3.8) is 0 Å². The van der Waals surface area contributed by atoms with Gasteiger partial charge in [-0.1, -0.05) is 23.2 Å². The third kappa shape index (κ3) is 2.64. The molecule has 8 heteroatoms. The molecule has 1 fully saturated rings. The first-order valence-electron chi connectivity index (χ1n) is 7.30. The van der Waals surface area contributed by atoms with E-state index in [9.17, 15) is 8.42 Å². The summed E-state index contributed by atoms with van der Waals surface area (Å²) in [5, 5.41) is 0.873. The van der Waals surface area contributed by atoms with Crippen LogP contribution in [-0.4, -0.2) is 25.7 Å². The number of hydrogen-bond acceptors (Lipinski definition) is 4. The van der Waals surface area contributed by atoms with Gasteiger partial charge in [0.15, 0.2) is 5.58 Å². The summed E-state index contributed by atoms with van der Waals surface area (Å²) >= 11 is 12.0. The van der Waals surface area contributed by atoms with Crippen molar-refractivity contribution >= 4 is 50.0 Å². The van der Waals surface area contributed by atoms with Crippen LogP contribution in [0.1, 0.15) is 6.42 Å². The van der Waals surface area contributed by atoms with Crippen LogP contribution in [0.15, 0.2) is 40.8 Å². The van der Waals surface area contributed by atoms with Crippen LogP contribution in [0, 0.1) is 0 Å². The zero-order valence-electron chi connectivity index (χ0n) is 12.4. The fourth-order valence-electron chi connectivity index (χ4n) is 2.75. The number of fused-ring (bicyclic) bond motifs is 1. The van der Waals surface area contributed by atoms with Crippen molar-refractivity contribution < 1.29 is 12.8 Å². The quantitative estimate of drug-likeness (QED) is 0.660. The fraction of sp³-hybridized carbons (Fsp3) is 0.188. The molecule has 1 aliphatic rings. The van der Waals surface area contributed by atoms with Gasteiger partial charge in [-0.3, -0.25) is 4.31 Å². The number of halogens is 2. The molecule has 0 amide bonds. The molecule has 124 valence electrons. The molecule has 0 bridgehead atoms. The van der Waals surface area contributed by atoms with Crippen molar-refractivity contribution in [3.8, 4) is 11.5 Å². The minimum absolute atomic E-state index is 0.179. The lowest BCUT2D eigenvalue weighted by Gasteiger charge is -2.16. The van der Waals surface area contributed by atoms with E-state index in [1.54, 1.807) is 36.4 Å². The van der Waals surface area contributed by atoms with Crippen molar-refractivity contribution in [1.29, 1.82) is 0 Å². The number of aromatic nitrogens is 1. The maximum absolute atomic E-state index is 12.0. The Kier molecular flexibility index (Phi) is 3.71. The van der Waals surface area contributed by atoms with Gasteiger partial charge in [0, 0.05) is 12.1 Å². The standard InChI is InChI=1S/C16H12Cl2N2O3S/c17-12-4-2-10(8-13(12)18)16-19-14-9-11(3-5-15(14)23-16)20-6-1-7-24(20,21)22/h2-5,8-9H,1,6-7H2. The van der Waals surface area contributed by atoms with E-state index in [1.165, 1.54) is 4.31 Å². The van der Waals surface area contributed by atoms with Gasteiger partial charge in [-0.25, -0.2) is 13.4 Å². The zero-order chi connectivity index (χ0) is 16.9. The summed E-state index contributed by atoms with van der Waals surface area (Å²) in [5.74, 6) is 0.586. The molecule has 0 aliphatic carbocycles. The molecule has 5 nitrogen and oxygen atoms in total. The molecule has 1 aliphatic heterocycles. The molecular formula is C16H12Cl2N2O3S. The average Bonchev–Trinajstić information content (AvgIpc) is 3.11. The van der Waals surface area contributed by atoms with E-state index in [0.717, 1.165) is 0 Å². The summed E-state index contributed by atoms with van der Waals surface area (Å²) in [7, 11) is -3.22. The van der Waals surface area contributed by atoms with Crippen LogP contribution < -0.4 is 4.31 Å². The van der Waals surface area contributed by atoms with E-state index >= 15 is 0 Å². The summed E-state index contributed by atoms with van der Waals surface area (Å²) in [6.07, 6.45) is 0.633. The SMILES string of the molecule is O=S1(=O)CCCN1c1ccc2oc(-c3ccc(Cl)c(Cl)c3)nc2c1. The number of oxazole rings is 1. The second-order valence-corrected chi connectivity index (χ2v) is 8.37. The van der Waals surface area contributed by atoms with Gasteiger partial charge in [-0.05, 0) is 42.8 Å². The molecule has 2 heterocycles. The first-order valence-corrected chi connectivity index (χ1v) is 9.67. The zero-order valence-corrected chi connectivity index (χ0v) is 14.7. The Balaban J connectivity index is 1.77. The van der Waals surface area contributed by atoms with Crippen LogP contribution in [0.2, 0.25) is 10.0 Å². The number of anilines is 1. The third-order valence-electron chi connectivity index (χ3n) is 3.92. The van der Waals surface area contributed by atoms with E-state index in [4.69, 9.17) is 27.6 Å². The molecule has 0 radical (unpaired) electrons. The van der Waals surface area contributed by atoms with E-state index in [1.807, 2.05) is 0 Å². The molecule has 0 unspecified atom stereocenters. The van der Waals surface area contributed by atoms with Gasteiger partial charge in [0.25, 0.3) is 0 Å². The molecule has 0 N–H and O–H groups in total. The van der Waals surface area contributed by atoms with Crippen molar-refractivity contribution in [3.05, 3.63) is 46.4 Å². The highest BCUT2D eigenvalue weighted by atomic mass is 35.5. The fourth-order valence-corrected chi connectivity index (χ4v) is 4.61. The minimum Gasteiger partial charge on any atom is -0.436 e. The summed E-state index contributed by atoms with van der Waals surface area (Å²) in [5.41, 5.74) is 2.48. The number of nitrogens with zero attached hydrogens (tertiary/aromatic N) is 2. The first kappa shape index (κ1) is 15.7. The topological polar surface area (TPSA) is 63.4 Å². The number of sulfonamides is 1. The van der Waals surface area contributed by atoms with E-state index in [-0.39, 0.29) is 5.75 Å². The number of hydrogen-bond donors (Lipinski definition) is 0. The maximum Gasteiger partial charge on any atom is 0.235 e. The summed E-state index contributed by atoms with van der Waals surface area (Å²) in [6.45, 7) is 0.491. The first-order chi connectivity index (χ1) is 11.4. The molecule has 1 aromatic heterocycles. The Labute approximate surface area is 148 Å². The van der Waals surface area contributed by atoms with Gasteiger partial charge in [0.05, 0.1) is 21.5 Å². The number of rotatable bonds is 2. The van der Waals surface area contributed by atoms with Gasteiger partial charge in [-0.2, -0.15) is 0 Å². The highest BCUT2D eigenvalue weighted by Gasteiger charge is 2.28. The van der Waals surface area contributed by atoms with Crippen LogP contribution >= 0.6 is 23.2 Å². The van der Waals surface area contributed by atoms with Crippen LogP contribution in [0.25, 0.3) is 22.6 Å². The lowest BCUT2D eigenvalue weighted by molar-refractivity contribution is 0.599. The van der Waals surface area contributed by atoms with Gasteiger partial charge < -0.3 is 4.42 Å². The third-order valence-corrected chi connectivity index (χ3v) is 6.53. The van der Waals surface area contributed by atoms with Gasteiger partial charge >= 0.3 is 0 Å². The second kappa shape index (κ2) is 5.65. The molecule has 0 spiro atoms. The Morgan fingerprint density at radius 2 is 1.92 bits per heavy atom. The lowest BCUT2D eigenvalue weighted by Crippen LogP contribution is -2.24. The second-order valence-electron chi connectivity index (χ2n) is 5.54. The molecule has 1 saturated heterocycles. The predicted octanol–water partition coefficient (Wildman–Crippen LogP) is 4.34. The van der Waals surface area contributed by atoms with Gasteiger partial charge in [0.2, 0.25) is 15.9 Å². The Bertz CT molecular complexity index is 1050. The largest absolute Gasteiger partial charge is 0.436 e. The summed E-state index contributed by atoms with van der Waals surface area (Å²) in [6, 6.07) is 10.3. The number of benzene rings is 2. The molecule has 2 aromatic carbocycles. The van der Waals surface area contributed by atoms with Crippen LogP contribution in [0.5, 0.6) is 0 Å². The molecular weight excluding hydrogens is 371 g/mol. The van der Waals surface area contributed by atoms with Gasteiger partial charge in [-0.15, -0.1) is 0 Å².